The van der Waals surface area contributed by atoms with Crippen molar-refractivity contribution in [3.05, 3.63) is 30.3 Å². The number of benzene rings is 1. The van der Waals surface area contributed by atoms with E-state index in [0.29, 0.717) is 6.61 Å². The van der Waals surface area contributed by atoms with Gasteiger partial charge in [-0.2, -0.15) is 0 Å². The Bertz CT molecular complexity index is 264. The van der Waals surface area contributed by atoms with E-state index >= 15 is 0 Å². The fourth-order valence-electron chi connectivity index (χ4n) is 1.89. The third kappa shape index (κ3) is 19.0. The minimum Gasteiger partial charge on any atom is -0.491 e. The molecule has 0 saturated carbocycles. The number of hydrogen-bond donors (Lipinski definition) is 1. The molecule has 132 valence electrons. The normalized spacial score (nSPS) is 8.86. The minimum absolute atomic E-state index is 0. The fraction of sp³-hybridized carbons (Fsp3) is 0.700. The maximum Gasteiger partial charge on any atom is 0.119 e. The Morgan fingerprint density at radius 2 is 1.23 bits per heavy atom. The summed E-state index contributed by atoms with van der Waals surface area (Å²) in [6.45, 7) is 4.97. The van der Waals surface area contributed by atoms with Crippen LogP contribution in [0.2, 0.25) is 0 Å². The van der Waals surface area contributed by atoms with Crippen LogP contribution in [0.25, 0.3) is 0 Å². The molecule has 0 amide bonds. The molecular weight excluding hydrogens is 272 g/mol. The van der Waals surface area contributed by atoms with E-state index in [9.17, 15) is 0 Å². The second-order valence-electron chi connectivity index (χ2n) is 5.01. The van der Waals surface area contributed by atoms with Gasteiger partial charge >= 0.3 is 0 Å². The van der Waals surface area contributed by atoms with Gasteiger partial charge in [-0.3, -0.25) is 0 Å². The SMILES string of the molecule is C.C.CCCCCCCCCC.OCCOc1ccccc1. The van der Waals surface area contributed by atoms with Gasteiger partial charge in [0.2, 0.25) is 0 Å². The van der Waals surface area contributed by atoms with Gasteiger partial charge in [0, 0.05) is 0 Å². The Labute approximate surface area is 139 Å². The van der Waals surface area contributed by atoms with Crippen molar-refractivity contribution >= 4 is 0 Å². The Morgan fingerprint density at radius 3 is 1.64 bits per heavy atom. The molecule has 2 nitrogen and oxygen atoms in total. The monoisotopic (exact) mass is 312 g/mol. The highest BCUT2D eigenvalue weighted by Gasteiger charge is 1.88. The molecule has 0 bridgehead atoms. The predicted molar refractivity (Wildman–Crippen MR) is 101 cm³/mol. The first-order valence-electron chi connectivity index (χ1n) is 8.13. The first kappa shape index (κ1) is 25.9. The molecule has 0 radical (unpaired) electrons. The molecule has 0 aromatic heterocycles. The van der Waals surface area contributed by atoms with Crippen molar-refractivity contribution < 1.29 is 9.84 Å². The van der Waals surface area contributed by atoms with Gasteiger partial charge in [0.15, 0.2) is 0 Å². The third-order valence-corrected chi connectivity index (χ3v) is 3.06. The summed E-state index contributed by atoms with van der Waals surface area (Å²) < 4.78 is 5.11. The van der Waals surface area contributed by atoms with Gasteiger partial charge < -0.3 is 9.84 Å². The summed E-state index contributed by atoms with van der Waals surface area (Å²) in [5.41, 5.74) is 0. The standard InChI is InChI=1S/C10H22.C8H10O2.2CH4/c1-3-5-7-9-10-8-6-4-2;9-6-7-10-8-4-2-1-3-5-8;;/h3-10H2,1-2H3;1-5,9H,6-7H2;2*1H4. The average Bonchev–Trinajstić information content (AvgIpc) is 2.50. The Kier molecular flexibility index (Phi) is 26.2. The molecule has 1 aromatic carbocycles. The largest absolute Gasteiger partial charge is 0.491 e. The summed E-state index contributed by atoms with van der Waals surface area (Å²) in [5, 5.41) is 8.40. The molecule has 0 atom stereocenters. The van der Waals surface area contributed by atoms with Crippen molar-refractivity contribution in [1.29, 1.82) is 0 Å². The molecule has 1 aromatic rings. The van der Waals surface area contributed by atoms with Gasteiger partial charge in [-0.25, -0.2) is 0 Å². The highest BCUT2D eigenvalue weighted by Crippen LogP contribution is 2.08. The van der Waals surface area contributed by atoms with Crippen LogP contribution < -0.4 is 4.74 Å². The number of hydrogen-bond acceptors (Lipinski definition) is 2. The summed E-state index contributed by atoms with van der Waals surface area (Å²) in [7, 11) is 0. The van der Waals surface area contributed by atoms with E-state index in [0.717, 1.165) is 5.75 Å². The Hall–Kier alpha value is -1.02. The number of para-hydroxylation sites is 1. The van der Waals surface area contributed by atoms with Crippen LogP contribution in [0.3, 0.4) is 0 Å². The fourth-order valence-corrected chi connectivity index (χ4v) is 1.89. The number of aliphatic hydroxyl groups is 1. The van der Waals surface area contributed by atoms with E-state index in [1.807, 2.05) is 30.3 Å². The number of ether oxygens (including phenoxy) is 1. The second kappa shape index (κ2) is 22.3. The van der Waals surface area contributed by atoms with Crippen molar-refractivity contribution in [2.24, 2.45) is 0 Å². The van der Waals surface area contributed by atoms with Crippen LogP contribution in [0.5, 0.6) is 5.75 Å². The van der Waals surface area contributed by atoms with Crippen molar-refractivity contribution in [2.75, 3.05) is 13.2 Å². The quantitative estimate of drug-likeness (QED) is 0.501. The number of unbranched alkanes of at least 4 members (excludes halogenated alkanes) is 7. The molecule has 0 saturated heterocycles. The molecule has 1 N–H and O–H groups in total. The molecule has 0 spiro atoms. The Morgan fingerprint density at radius 1 is 0.773 bits per heavy atom. The molecule has 0 aliphatic rings. The van der Waals surface area contributed by atoms with E-state index in [2.05, 4.69) is 13.8 Å². The first-order chi connectivity index (χ1) is 9.85. The first-order valence-corrected chi connectivity index (χ1v) is 8.13. The van der Waals surface area contributed by atoms with Gasteiger partial charge in [0.1, 0.15) is 12.4 Å². The summed E-state index contributed by atoms with van der Waals surface area (Å²) in [6, 6.07) is 9.43. The van der Waals surface area contributed by atoms with Crippen LogP contribution in [0.15, 0.2) is 30.3 Å². The summed E-state index contributed by atoms with van der Waals surface area (Å²) >= 11 is 0. The lowest BCUT2D eigenvalue weighted by molar-refractivity contribution is 0.201. The lowest BCUT2D eigenvalue weighted by Crippen LogP contribution is -2.00. The van der Waals surface area contributed by atoms with E-state index in [-0.39, 0.29) is 21.5 Å². The molecule has 0 aliphatic heterocycles. The van der Waals surface area contributed by atoms with E-state index in [1.54, 1.807) is 0 Å². The lowest BCUT2D eigenvalue weighted by atomic mass is 10.1. The van der Waals surface area contributed by atoms with Gasteiger partial charge in [-0.05, 0) is 12.1 Å². The lowest BCUT2D eigenvalue weighted by Gasteiger charge is -2.01. The van der Waals surface area contributed by atoms with Gasteiger partial charge in [0.25, 0.3) is 0 Å². The van der Waals surface area contributed by atoms with Gasteiger partial charge in [-0.15, -0.1) is 0 Å². The summed E-state index contributed by atoms with van der Waals surface area (Å²) in [6.07, 6.45) is 11.5. The zero-order valence-corrected chi connectivity index (χ0v) is 13.3. The van der Waals surface area contributed by atoms with Crippen molar-refractivity contribution in [1.82, 2.24) is 0 Å². The number of aliphatic hydroxyl groups excluding tert-OH is 1. The highest BCUT2D eigenvalue weighted by atomic mass is 16.5. The van der Waals surface area contributed by atoms with Crippen molar-refractivity contribution in [2.45, 2.75) is 80.1 Å². The average molecular weight is 313 g/mol. The topological polar surface area (TPSA) is 29.5 Å². The third-order valence-electron chi connectivity index (χ3n) is 3.06. The molecule has 1 rings (SSSR count). The van der Waals surface area contributed by atoms with Crippen LogP contribution >= 0.6 is 0 Å². The highest BCUT2D eigenvalue weighted by molar-refractivity contribution is 5.20. The molecule has 0 fully saturated rings. The minimum atomic E-state index is 0. The Balaban J connectivity index is -0.000000301. The maximum atomic E-state index is 8.40. The molecule has 22 heavy (non-hydrogen) atoms. The summed E-state index contributed by atoms with van der Waals surface area (Å²) in [4.78, 5) is 0. The van der Waals surface area contributed by atoms with Crippen LogP contribution in [0.1, 0.15) is 80.1 Å². The van der Waals surface area contributed by atoms with Crippen molar-refractivity contribution in [3.8, 4) is 5.75 Å². The zero-order valence-electron chi connectivity index (χ0n) is 13.3. The second-order valence-corrected chi connectivity index (χ2v) is 5.01. The molecule has 0 heterocycles. The zero-order chi connectivity index (χ0) is 14.9. The van der Waals surface area contributed by atoms with Crippen LogP contribution in [-0.4, -0.2) is 18.3 Å². The van der Waals surface area contributed by atoms with Crippen LogP contribution in [-0.2, 0) is 0 Å². The van der Waals surface area contributed by atoms with E-state index in [1.165, 1.54) is 51.4 Å². The van der Waals surface area contributed by atoms with E-state index < -0.39 is 0 Å². The van der Waals surface area contributed by atoms with Crippen LogP contribution in [0.4, 0.5) is 0 Å². The number of rotatable bonds is 10. The molecular formula is C20H40O2. The van der Waals surface area contributed by atoms with E-state index in [4.69, 9.17) is 9.84 Å². The predicted octanol–water partition coefficient (Wildman–Crippen LogP) is 6.48. The summed E-state index contributed by atoms with van der Waals surface area (Å²) in [5.74, 6) is 0.802. The molecule has 2 heteroatoms. The smallest absolute Gasteiger partial charge is 0.119 e. The molecule has 0 aliphatic carbocycles. The van der Waals surface area contributed by atoms with Crippen LogP contribution in [0, 0.1) is 0 Å². The maximum absolute atomic E-state index is 8.40. The van der Waals surface area contributed by atoms with Crippen molar-refractivity contribution in [3.63, 3.8) is 0 Å². The van der Waals surface area contributed by atoms with Gasteiger partial charge in [0.05, 0.1) is 6.61 Å². The van der Waals surface area contributed by atoms with Gasteiger partial charge in [-0.1, -0.05) is 98.3 Å². The molecule has 0 unspecified atom stereocenters.